The third kappa shape index (κ3) is 3.24. The Morgan fingerprint density at radius 3 is 2.68 bits per heavy atom. The molecule has 2 aromatic carbocycles. The maximum atomic E-state index is 13.1. The molecule has 2 bridgehead atoms. The normalized spacial score (nSPS) is 25.8. The summed E-state index contributed by atoms with van der Waals surface area (Å²) in [6.07, 6.45) is 0.530. The number of rotatable bonds is 6. The second-order valence-electron chi connectivity index (χ2n) is 7.53. The SMILES string of the molecule is C[C@@]12C[C@@H](c3ccccc3O1)[C@H](C(N)=O)C(=O)N2CCOCc1ccccc1. The number of nitrogens with two attached hydrogens (primary N) is 1. The Balaban J connectivity index is 1.52. The van der Waals surface area contributed by atoms with Crippen LogP contribution in [-0.4, -0.2) is 35.6 Å². The van der Waals surface area contributed by atoms with Gasteiger partial charge in [0.05, 0.1) is 13.2 Å². The first-order valence-corrected chi connectivity index (χ1v) is 9.50. The highest BCUT2D eigenvalue weighted by Gasteiger charge is 2.55. The molecule has 1 saturated heterocycles. The van der Waals surface area contributed by atoms with Crippen LogP contribution in [-0.2, 0) is 20.9 Å². The van der Waals surface area contributed by atoms with Gasteiger partial charge in [-0.1, -0.05) is 48.5 Å². The lowest BCUT2D eigenvalue weighted by atomic mass is 9.73. The summed E-state index contributed by atoms with van der Waals surface area (Å²) in [7, 11) is 0. The molecule has 6 nitrogen and oxygen atoms in total. The molecule has 2 aromatic rings. The number of primary amides is 1. The molecule has 1 fully saturated rings. The van der Waals surface area contributed by atoms with Gasteiger partial charge in [0.2, 0.25) is 11.8 Å². The fourth-order valence-electron chi connectivity index (χ4n) is 4.30. The molecule has 6 heteroatoms. The molecule has 0 spiro atoms. The van der Waals surface area contributed by atoms with E-state index in [1.807, 2.05) is 61.5 Å². The van der Waals surface area contributed by atoms with Gasteiger partial charge in [-0.05, 0) is 24.1 Å². The Bertz CT molecular complexity index is 885. The standard InChI is InChI=1S/C22H24N2O4/c1-22-13-17(16-9-5-6-10-18(16)28-22)19(20(23)25)21(26)24(22)11-12-27-14-15-7-3-2-4-8-15/h2-10,17,19H,11-14H2,1H3,(H2,23,25)/t17-,19+,22-/m0/s1. The van der Waals surface area contributed by atoms with Gasteiger partial charge in [0, 0.05) is 18.9 Å². The number of carbonyl (C=O) groups is 2. The van der Waals surface area contributed by atoms with E-state index < -0.39 is 17.6 Å². The lowest BCUT2D eigenvalue weighted by Gasteiger charge is -2.52. The molecule has 4 rings (SSSR count). The smallest absolute Gasteiger partial charge is 0.238 e. The van der Waals surface area contributed by atoms with Crippen molar-refractivity contribution < 1.29 is 19.1 Å². The topological polar surface area (TPSA) is 81.9 Å². The van der Waals surface area contributed by atoms with Crippen molar-refractivity contribution in [1.29, 1.82) is 0 Å². The minimum Gasteiger partial charge on any atom is -0.468 e. The van der Waals surface area contributed by atoms with E-state index >= 15 is 0 Å². The third-order valence-electron chi connectivity index (χ3n) is 5.63. The van der Waals surface area contributed by atoms with Crippen LogP contribution in [0.25, 0.3) is 0 Å². The van der Waals surface area contributed by atoms with Crippen molar-refractivity contribution >= 4 is 11.8 Å². The van der Waals surface area contributed by atoms with Gasteiger partial charge in [-0.2, -0.15) is 0 Å². The highest BCUT2D eigenvalue weighted by Crippen LogP contribution is 2.49. The zero-order valence-electron chi connectivity index (χ0n) is 15.8. The molecule has 0 saturated carbocycles. The monoisotopic (exact) mass is 380 g/mol. The molecular formula is C22H24N2O4. The number of carbonyl (C=O) groups excluding carboxylic acids is 2. The molecule has 0 aliphatic carbocycles. The minimum absolute atomic E-state index is 0.263. The van der Waals surface area contributed by atoms with Crippen LogP contribution in [0.4, 0.5) is 0 Å². The number of nitrogens with zero attached hydrogens (tertiary/aromatic N) is 1. The summed E-state index contributed by atoms with van der Waals surface area (Å²) >= 11 is 0. The number of hydrogen-bond acceptors (Lipinski definition) is 4. The van der Waals surface area contributed by atoms with Crippen LogP contribution in [0.2, 0.25) is 0 Å². The summed E-state index contributed by atoms with van der Waals surface area (Å²) in [6, 6.07) is 17.4. The maximum Gasteiger partial charge on any atom is 0.238 e. The van der Waals surface area contributed by atoms with Crippen LogP contribution in [0.1, 0.15) is 30.4 Å². The van der Waals surface area contributed by atoms with E-state index in [-0.39, 0.29) is 11.8 Å². The number of amides is 2. The van der Waals surface area contributed by atoms with E-state index in [0.29, 0.717) is 31.9 Å². The average molecular weight is 380 g/mol. The molecule has 28 heavy (non-hydrogen) atoms. The van der Waals surface area contributed by atoms with Crippen molar-refractivity contribution in [3.63, 3.8) is 0 Å². The number of hydrogen-bond donors (Lipinski definition) is 1. The molecule has 2 aliphatic heterocycles. The molecule has 146 valence electrons. The zero-order chi connectivity index (χ0) is 19.7. The predicted octanol–water partition coefficient (Wildman–Crippen LogP) is 2.43. The third-order valence-corrected chi connectivity index (χ3v) is 5.63. The van der Waals surface area contributed by atoms with Crippen molar-refractivity contribution in [3.05, 3.63) is 65.7 Å². The molecule has 3 atom stereocenters. The van der Waals surface area contributed by atoms with Gasteiger partial charge in [-0.3, -0.25) is 9.59 Å². The number of ether oxygens (including phenoxy) is 2. The van der Waals surface area contributed by atoms with E-state index in [2.05, 4.69) is 0 Å². The van der Waals surface area contributed by atoms with Crippen LogP contribution in [0, 0.1) is 5.92 Å². The summed E-state index contributed by atoms with van der Waals surface area (Å²) in [5, 5.41) is 0. The number of likely N-dealkylation sites (tertiary alicyclic amines) is 1. The summed E-state index contributed by atoms with van der Waals surface area (Å²) in [4.78, 5) is 26.9. The van der Waals surface area contributed by atoms with E-state index in [4.69, 9.17) is 15.2 Å². The largest absolute Gasteiger partial charge is 0.468 e. The number of benzene rings is 2. The van der Waals surface area contributed by atoms with Crippen LogP contribution >= 0.6 is 0 Å². The van der Waals surface area contributed by atoms with Gasteiger partial charge in [0.15, 0.2) is 5.72 Å². The Hall–Kier alpha value is -2.86. The highest BCUT2D eigenvalue weighted by atomic mass is 16.5. The van der Waals surface area contributed by atoms with Crippen molar-refractivity contribution in [2.24, 2.45) is 11.7 Å². The number of piperidine rings is 1. The molecular weight excluding hydrogens is 356 g/mol. The molecule has 0 radical (unpaired) electrons. The molecule has 2 heterocycles. The van der Waals surface area contributed by atoms with Crippen molar-refractivity contribution in [2.45, 2.75) is 31.6 Å². The van der Waals surface area contributed by atoms with Gasteiger partial charge in [0.25, 0.3) is 0 Å². The lowest BCUT2D eigenvalue weighted by Crippen LogP contribution is -2.65. The average Bonchev–Trinajstić information content (AvgIpc) is 2.67. The highest BCUT2D eigenvalue weighted by molar-refractivity contribution is 6.01. The lowest BCUT2D eigenvalue weighted by molar-refractivity contribution is -0.177. The first kappa shape index (κ1) is 18.5. The van der Waals surface area contributed by atoms with Crippen molar-refractivity contribution in [3.8, 4) is 5.75 Å². The summed E-state index contributed by atoms with van der Waals surface area (Å²) in [5.74, 6) is -1.32. The Morgan fingerprint density at radius 2 is 1.93 bits per heavy atom. The minimum atomic E-state index is -0.882. The second kappa shape index (κ2) is 7.28. The van der Waals surface area contributed by atoms with Crippen molar-refractivity contribution in [2.75, 3.05) is 13.2 Å². The molecule has 2 amide bonds. The molecule has 2 aliphatic rings. The molecule has 0 aromatic heterocycles. The van der Waals surface area contributed by atoms with Gasteiger partial charge >= 0.3 is 0 Å². The van der Waals surface area contributed by atoms with E-state index in [1.165, 1.54) is 0 Å². The predicted molar refractivity (Wildman–Crippen MR) is 103 cm³/mol. The van der Waals surface area contributed by atoms with Gasteiger partial charge in [-0.25, -0.2) is 0 Å². The fraction of sp³-hybridized carbons (Fsp3) is 0.364. The van der Waals surface area contributed by atoms with Gasteiger partial charge < -0.3 is 20.1 Å². The van der Waals surface area contributed by atoms with Crippen LogP contribution in [0.5, 0.6) is 5.75 Å². The summed E-state index contributed by atoms with van der Waals surface area (Å²) in [5.41, 5.74) is 6.75. The quantitative estimate of drug-likeness (QED) is 0.616. The zero-order valence-corrected chi connectivity index (χ0v) is 15.8. The Labute approximate surface area is 164 Å². The van der Waals surface area contributed by atoms with Gasteiger partial charge in [-0.15, -0.1) is 0 Å². The second-order valence-corrected chi connectivity index (χ2v) is 7.53. The first-order chi connectivity index (χ1) is 13.5. The van der Waals surface area contributed by atoms with E-state index in [1.54, 1.807) is 4.90 Å². The maximum absolute atomic E-state index is 13.1. The number of para-hydroxylation sites is 1. The Morgan fingerprint density at radius 1 is 1.21 bits per heavy atom. The molecule has 0 unspecified atom stereocenters. The van der Waals surface area contributed by atoms with E-state index in [0.717, 1.165) is 11.1 Å². The van der Waals surface area contributed by atoms with Crippen LogP contribution in [0.15, 0.2) is 54.6 Å². The summed E-state index contributed by atoms with van der Waals surface area (Å²) in [6.45, 7) is 3.03. The van der Waals surface area contributed by atoms with E-state index in [9.17, 15) is 9.59 Å². The van der Waals surface area contributed by atoms with Gasteiger partial charge in [0.1, 0.15) is 11.7 Å². The fourth-order valence-corrected chi connectivity index (χ4v) is 4.30. The van der Waals surface area contributed by atoms with Crippen LogP contribution < -0.4 is 10.5 Å². The first-order valence-electron chi connectivity index (χ1n) is 9.50. The van der Waals surface area contributed by atoms with Crippen LogP contribution in [0.3, 0.4) is 0 Å². The molecule has 2 N–H and O–H groups in total. The summed E-state index contributed by atoms with van der Waals surface area (Å²) < 4.78 is 12.0. The Kier molecular flexibility index (Phi) is 4.81. The number of fused-ring (bicyclic) bond motifs is 4. The van der Waals surface area contributed by atoms with Crippen molar-refractivity contribution in [1.82, 2.24) is 4.90 Å².